The Balaban J connectivity index is 1.66. The van der Waals surface area contributed by atoms with Gasteiger partial charge in [0.2, 0.25) is 11.8 Å². The average molecular weight is 614 g/mol. The molecule has 0 saturated heterocycles. The fourth-order valence-corrected chi connectivity index (χ4v) is 6.49. The zero-order valence-corrected chi connectivity index (χ0v) is 25.2. The van der Waals surface area contributed by atoms with Crippen LogP contribution in [0.4, 0.5) is 14.5 Å². The standard InChI is InChI=1S/C32H37F2N3O5S/c1-3-42-29-17-19-30(20-18-29)43(40,41)37(28-15-13-26(34)14-16-28)22-31(38)36(21-24-9-11-25(33)12-10-24)23(2)32(39)35-27-7-5-4-6-8-27/h9-20,23,27H,3-8,21-22H2,1-2H3,(H,35,39)/t23-/m0/s1. The number of hydrogen-bond acceptors (Lipinski definition) is 5. The Morgan fingerprint density at radius 2 is 1.49 bits per heavy atom. The number of sulfonamides is 1. The highest BCUT2D eigenvalue weighted by molar-refractivity contribution is 7.92. The fourth-order valence-electron chi connectivity index (χ4n) is 5.08. The molecule has 8 nitrogen and oxygen atoms in total. The SMILES string of the molecule is CCOc1ccc(S(=O)(=O)N(CC(=O)N(Cc2ccc(F)cc2)[C@@H](C)C(=O)NC2CCCCC2)c2ccc(F)cc2)cc1. The molecular weight excluding hydrogens is 576 g/mol. The summed E-state index contributed by atoms with van der Waals surface area (Å²) in [5, 5.41) is 3.03. The molecule has 0 aliphatic heterocycles. The number of nitrogens with one attached hydrogen (secondary N) is 1. The molecule has 0 bridgehead atoms. The first kappa shape index (κ1) is 31.9. The van der Waals surface area contributed by atoms with Gasteiger partial charge in [-0.05, 0) is 92.9 Å². The van der Waals surface area contributed by atoms with Crippen molar-refractivity contribution in [3.8, 4) is 5.75 Å². The van der Waals surface area contributed by atoms with Crippen molar-refractivity contribution >= 4 is 27.5 Å². The van der Waals surface area contributed by atoms with Crippen molar-refractivity contribution in [2.75, 3.05) is 17.5 Å². The van der Waals surface area contributed by atoms with Crippen LogP contribution in [-0.4, -0.2) is 50.4 Å². The minimum absolute atomic E-state index is 0.00206. The summed E-state index contributed by atoms with van der Waals surface area (Å²) in [5.41, 5.74) is 0.638. The Bertz CT molecular complexity index is 1480. The number of carbonyl (C=O) groups excluding carboxylic acids is 2. The Hall–Kier alpha value is -3.99. The van der Waals surface area contributed by atoms with Crippen LogP contribution in [0.1, 0.15) is 51.5 Å². The van der Waals surface area contributed by atoms with Gasteiger partial charge in [-0.1, -0.05) is 31.4 Å². The topological polar surface area (TPSA) is 96.0 Å². The van der Waals surface area contributed by atoms with Crippen LogP contribution in [0.3, 0.4) is 0 Å². The number of ether oxygens (including phenoxy) is 1. The van der Waals surface area contributed by atoms with Crippen molar-refractivity contribution in [1.82, 2.24) is 10.2 Å². The molecule has 11 heteroatoms. The van der Waals surface area contributed by atoms with Crippen LogP contribution in [-0.2, 0) is 26.2 Å². The van der Waals surface area contributed by atoms with E-state index in [1.54, 1.807) is 13.8 Å². The van der Waals surface area contributed by atoms with Gasteiger partial charge in [-0.3, -0.25) is 13.9 Å². The number of carbonyl (C=O) groups is 2. The van der Waals surface area contributed by atoms with Crippen LogP contribution in [0.15, 0.2) is 77.7 Å². The molecule has 1 aliphatic carbocycles. The second-order valence-electron chi connectivity index (χ2n) is 10.6. The lowest BCUT2D eigenvalue weighted by Crippen LogP contribution is -2.53. The number of hydrogen-bond donors (Lipinski definition) is 1. The number of anilines is 1. The van der Waals surface area contributed by atoms with Gasteiger partial charge in [0.1, 0.15) is 30.0 Å². The smallest absolute Gasteiger partial charge is 0.264 e. The minimum Gasteiger partial charge on any atom is -0.494 e. The largest absolute Gasteiger partial charge is 0.494 e. The lowest BCUT2D eigenvalue weighted by molar-refractivity contribution is -0.139. The summed E-state index contributed by atoms with van der Waals surface area (Å²) in [4.78, 5) is 28.5. The molecule has 4 rings (SSSR count). The first-order valence-corrected chi connectivity index (χ1v) is 15.9. The summed E-state index contributed by atoms with van der Waals surface area (Å²) in [5.74, 6) is -1.55. The van der Waals surface area contributed by atoms with E-state index < -0.39 is 40.2 Å². The average Bonchev–Trinajstić information content (AvgIpc) is 3.00. The van der Waals surface area contributed by atoms with Crippen LogP contribution in [0, 0.1) is 11.6 Å². The molecule has 230 valence electrons. The van der Waals surface area contributed by atoms with E-state index >= 15 is 0 Å². The van der Waals surface area contributed by atoms with Gasteiger partial charge < -0.3 is 15.0 Å². The predicted molar refractivity (Wildman–Crippen MR) is 160 cm³/mol. The molecule has 0 heterocycles. The van der Waals surface area contributed by atoms with Gasteiger partial charge in [0, 0.05) is 12.6 Å². The third-order valence-electron chi connectivity index (χ3n) is 7.50. The molecule has 0 unspecified atom stereocenters. The number of nitrogens with zero attached hydrogens (tertiary/aromatic N) is 2. The van der Waals surface area contributed by atoms with Gasteiger partial charge >= 0.3 is 0 Å². The van der Waals surface area contributed by atoms with Gasteiger partial charge in [-0.25, -0.2) is 17.2 Å². The van der Waals surface area contributed by atoms with E-state index in [1.165, 1.54) is 65.6 Å². The van der Waals surface area contributed by atoms with E-state index in [4.69, 9.17) is 4.74 Å². The highest BCUT2D eigenvalue weighted by atomic mass is 32.2. The van der Waals surface area contributed by atoms with E-state index in [0.717, 1.165) is 48.5 Å². The maximum Gasteiger partial charge on any atom is 0.264 e. The van der Waals surface area contributed by atoms with Gasteiger partial charge in [-0.15, -0.1) is 0 Å². The molecular formula is C32H37F2N3O5S. The molecule has 1 saturated carbocycles. The first-order valence-electron chi connectivity index (χ1n) is 14.4. The van der Waals surface area contributed by atoms with E-state index in [2.05, 4.69) is 5.32 Å². The molecule has 2 amide bonds. The van der Waals surface area contributed by atoms with Crippen molar-refractivity contribution < 1.29 is 31.5 Å². The Kier molecular flexibility index (Phi) is 10.7. The molecule has 0 aromatic heterocycles. The summed E-state index contributed by atoms with van der Waals surface area (Å²) in [7, 11) is -4.32. The van der Waals surface area contributed by atoms with Crippen molar-refractivity contribution in [2.24, 2.45) is 0 Å². The van der Waals surface area contributed by atoms with Crippen molar-refractivity contribution in [1.29, 1.82) is 0 Å². The third-order valence-corrected chi connectivity index (χ3v) is 9.29. The Morgan fingerprint density at radius 1 is 0.907 bits per heavy atom. The predicted octanol–water partition coefficient (Wildman–Crippen LogP) is 5.43. The maximum atomic E-state index is 14.0. The molecule has 1 aliphatic rings. The van der Waals surface area contributed by atoms with Gasteiger partial charge in [0.05, 0.1) is 17.2 Å². The zero-order valence-electron chi connectivity index (χ0n) is 24.3. The summed E-state index contributed by atoms with van der Waals surface area (Å²) < 4.78 is 61.6. The molecule has 0 radical (unpaired) electrons. The van der Waals surface area contributed by atoms with Crippen molar-refractivity contribution in [2.45, 2.75) is 69.5 Å². The summed E-state index contributed by atoms with van der Waals surface area (Å²) in [6.45, 7) is 3.07. The van der Waals surface area contributed by atoms with Crippen LogP contribution in [0.25, 0.3) is 0 Å². The monoisotopic (exact) mass is 613 g/mol. The number of amides is 2. The van der Waals surface area contributed by atoms with Crippen LogP contribution in [0.2, 0.25) is 0 Å². The highest BCUT2D eigenvalue weighted by Gasteiger charge is 2.33. The van der Waals surface area contributed by atoms with Crippen molar-refractivity contribution in [3.63, 3.8) is 0 Å². The minimum atomic E-state index is -4.32. The number of benzene rings is 3. The van der Waals surface area contributed by atoms with Crippen LogP contribution >= 0.6 is 0 Å². The lowest BCUT2D eigenvalue weighted by atomic mass is 9.95. The summed E-state index contributed by atoms with van der Waals surface area (Å²) in [6, 6.07) is 15.1. The number of rotatable bonds is 12. The fraction of sp³-hybridized carbons (Fsp3) is 0.375. The zero-order chi connectivity index (χ0) is 31.0. The highest BCUT2D eigenvalue weighted by Crippen LogP contribution is 2.26. The molecule has 1 atom stereocenters. The number of halogens is 2. The van der Waals surface area contributed by atoms with Crippen LogP contribution in [0.5, 0.6) is 5.75 Å². The van der Waals surface area contributed by atoms with E-state index in [1.807, 2.05) is 0 Å². The molecule has 1 N–H and O–H groups in total. The van der Waals surface area contributed by atoms with Gasteiger partial charge in [0.15, 0.2) is 0 Å². The van der Waals surface area contributed by atoms with Gasteiger partial charge in [-0.2, -0.15) is 0 Å². The molecule has 0 spiro atoms. The molecule has 3 aromatic rings. The lowest BCUT2D eigenvalue weighted by Gasteiger charge is -2.33. The third kappa shape index (κ3) is 8.31. The molecule has 43 heavy (non-hydrogen) atoms. The van der Waals surface area contributed by atoms with E-state index in [-0.39, 0.29) is 29.1 Å². The Morgan fingerprint density at radius 3 is 2.07 bits per heavy atom. The summed E-state index contributed by atoms with van der Waals surface area (Å²) in [6.07, 6.45) is 4.83. The quantitative estimate of drug-likeness (QED) is 0.294. The second kappa shape index (κ2) is 14.5. The molecule has 3 aromatic carbocycles. The summed E-state index contributed by atoms with van der Waals surface area (Å²) >= 11 is 0. The van der Waals surface area contributed by atoms with Crippen molar-refractivity contribution in [3.05, 3.63) is 90.0 Å². The van der Waals surface area contributed by atoms with Crippen LogP contribution < -0.4 is 14.4 Å². The second-order valence-corrected chi connectivity index (χ2v) is 12.4. The maximum absolute atomic E-state index is 14.0. The van der Waals surface area contributed by atoms with E-state index in [9.17, 15) is 26.8 Å². The molecule has 1 fully saturated rings. The Labute approximate surface area is 251 Å². The van der Waals surface area contributed by atoms with Gasteiger partial charge in [0.25, 0.3) is 10.0 Å². The normalized spacial score (nSPS) is 14.5. The first-order chi connectivity index (χ1) is 20.6. The van der Waals surface area contributed by atoms with E-state index in [0.29, 0.717) is 17.9 Å².